The molecule has 48 heavy (non-hydrogen) atoms. The lowest BCUT2D eigenvalue weighted by atomic mass is 9.84. The lowest BCUT2D eigenvalue weighted by Crippen LogP contribution is -2.62. The molecule has 5 atom stereocenters. The Labute approximate surface area is 287 Å². The van der Waals surface area contributed by atoms with Crippen LogP contribution in [0.25, 0.3) is 0 Å². The van der Waals surface area contributed by atoms with Gasteiger partial charge >= 0.3 is 6.03 Å². The van der Waals surface area contributed by atoms with Crippen molar-refractivity contribution in [2.75, 3.05) is 31.9 Å². The summed E-state index contributed by atoms with van der Waals surface area (Å²) in [4.78, 5) is 68.8. The van der Waals surface area contributed by atoms with Gasteiger partial charge in [-0.3, -0.25) is 19.2 Å². The average molecular weight is 697 g/mol. The summed E-state index contributed by atoms with van der Waals surface area (Å²) in [7, 11) is -3.42. The molecule has 0 aromatic rings. The number of sulfonamides is 1. The van der Waals surface area contributed by atoms with Gasteiger partial charge in [-0.1, -0.05) is 74.8 Å². The van der Waals surface area contributed by atoms with Gasteiger partial charge in [-0.05, 0) is 48.3 Å². The molecule has 0 aliphatic carbocycles. The molecule has 2 aliphatic rings. The van der Waals surface area contributed by atoms with Crippen LogP contribution in [-0.4, -0.2) is 103 Å². The van der Waals surface area contributed by atoms with Gasteiger partial charge in [-0.25, -0.2) is 13.2 Å². The molecule has 0 saturated carbocycles. The monoisotopic (exact) mass is 696 g/mol. The largest absolute Gasteiger partial charge is 0.346 e. The highest BCUT2D eigenvalue weighted by Crippen LogP contribution is 2.33. The number of amides is 5. The molecule has 0 aromatic carbocycles. The minimum Gasteiger partial charge on any atom is -0.346 e. The quantitative estimate of drug-likeness (QED) is 0.160. The van der Waals surface area contributed by atoms with Crippen LogP contribution in [0.4, 0.5) is 4.79 Å². The molecule has 2 fully saturated rings. The lowest BCUT2D eigenvalue weighted by molar-refractivity contribution is -0.144. The van der Waals surface area contributed by atoms with Crippen molar-refractivity contribution in [1.82, 2.24) is 30.5 Å². The van der Waals surface area contributed by atoms with Crippen LogP contribution in [-0.2, 0) is 29.2 Å². The van der Waals surface area contributed by atoms with Crippen molar-refractivity contribution in [3.63, 3.8) is 0 Å². The zero-order valence-electron chi connectivity index (χ0n) is 30.5. The minimum absolute atomic E-state index is 0.0257. The average Bonchev–Trinajstić information content (AvgIpc) is 3.43. The maximum absolute atomic E-state index is 14.3. The third-order valence-electron chi connectivity index (χ3n) is 9.27. The molecular formula is C34H60N6O7S. The smallest absolute Gasteiger partial charge is 0.315 e. The molecule has 4 N–H and O–H groups in total. The van der Waals surface area contributed by atoms with Crippen LogP contribution in [0.5, 0.6) is 0 Å². The highest BCUT2D eigenvalue weighted by molar-refractivity contribution is 7.89. The number of urea groups is 1. The predicted octanol–water partition coefficient (Wildman–Crippen LogP) is 2.57. The number of carbonyl (C=O) groups is 5. The molecule has 2 rings (SSSR count). The first-order valence-electron chi connectivity index (χ1n) is 17.2. The van der Waals surface area contributed by atoms with E-state index in [1.54, 1.807) is 0 Å². The van der Waals surface area contributed by atoms with Gasteiger partial charge < -0.3 is 26.2 Å². The van der Waals surface area contributed by atoms with Gasteiger partial charge in [0.2, 0.25) is 27.6 Å². The summed E-state index contributed by atoms with van der Waals surface area (Å²) in [6, 6.07) is -4.16. The van der Waals surface area contributed by atoms with Crippen LogP contribution in [0, 0.1) is 22.7 Å². The Morgan fingerprint density at radius 1 is 0.938 bits per heavy atom. The standard InChI is InChI=1S/C34H60N6O7S/c1-11-15-24(27(41)30(43)35-17-12-2)36-29(42)26-23(22(3)4)16-19-40(26)31(44)28(34(8,9)10)38-32(45)37-25(33(5,6)7)21-39-18-13-14-20-48(39,46)47/h12,22-26,28H,2,11,13-21H2,1,3-10H3,(H,35,43)(H,36,42)(H2,37,38,45)/t23?,24?,25-,26+,28-/m1/s1. The summed E-state index contributed by atoms with van der Waals surface area (Å²) in [6.45, 7) is 21.4. The molecule has 274 valence electrons. The molecule has 2 heterocycles. The second-order valence-corrected chi connectivity index (χ2v) is 17.7. The Bertz CT molecular complexity index is 1290. The number of Topliss-reactive ketones (excluding diaryl/α,β-unsaturated/α-hetero) is 1. The molecule has 13 nitrogen and oxygen atoms in total. The zero-order chi connectivity index (χ0) is 36.6. The van der Waals surface area contributed by atoms with Gasteiger partial charge in [0.1, 0.15) is 12.1 Å². The fraction of sp³-hybridized carbons (Fsp3) is 0.794. The van der Waals surface area contributed by atoms with E-state index in [1.807, 2.05) is 62.3 Å². The summed E-state index contributed by atoms with van der Waals surface area (Å²) in [5.41, 5.74) is -1.26. The van der Waals surface area contributed by atoms with E-state index in [0.29, 0.717) is 25.8 Å². The van der Waals surface area contributed by atoms with Gasteiger partial charge in [0, 0.05) is 32.2 Å². The van der Waals surface area contributed by atoms with Crippen molar-refractivity contribution in [2.45, 2.75) is 119 Å². The van der Waals surface area contributed by atoms with Gasteiger partial charge in [0.05, 0.1) is 11.8 Å². The molecule has 14 heteroatoms. The second-order valence-electron chi connectivity index (χ2n) is 15.6. The number of nitrogens with one attached hydrogen (secondary N) is 4. The number of nitrogens with zero attached hydrogens (tertiary/aromatic N) is 2. The fourth-order valence-corrected chi connectivity index (χ4v) is 7.86. The SMILES string of the molecule is C=CCNC(=O)C(=O)C(CCC)NC(=O)[C@@H]1C(C(C)C)CCN1C(=O)[C@@H](NC(=O)N[C@H](CN1CCCCS1(=O)=O)C(C)(C)C)C(C)(C)C. The first-order valence-corrected chi connectivity index (χ1v) is 18.8. The maximum Gasteiger partial charge on any atom is 0.315 e. The topological polar surface area (TPSA) is 174 Å². The van der Waals surface area contributed by atoms with E-state index in [0.717, 1.165) is 6.42 Å². The number of likely N-dealkylation sites (tertiary alicyclic amines) is 1. The summed E-state index contributed by atoms with van der Waals surface area (Å²) in [5, 5.41) is 11.0. The lowest BCUT2D eigenvalue weighted by Gasteiger charge is -2.39. The maximum atomic E-state index is 14.3. The molecule has 2 aliphatic heterocycles. The molecule has 0 radical (unpaired) electrons. The third-order valence-corrected chi connectivity index (χ3v) is 11.2. The summed E-state index contributed by atoms with van der Waals surface area (Å²) < 4.78 is 26.9. The Hall–Kier alpha value is -3.00. The van der Waals surface area contributed by atoms with E-state index >= 15 is 0 Å². The number of carbonyl (C=O) groups excluding carboxylic acids is 5. The number of ketones is 1. The number of rotatable bonds is 14. The van der Waals surface area contributed by atoms with Crippen LogP contribution in [0.1, 0.15) is 94.4 Å². The minimum atomic E-state index is -3.42. The Kier molecular flexibility index (Phi) is 14.7. The van der Waals surface area contributed by atoms with E-state index in [4.69, 9.17) is 0 Å². The highest BCUT2D eigenvalue weighted by atomic mass is 32.2. The molecule has 5 amide bonds. The van der Waals surface area contributed by atoms with Crippen molar-refractivity contribution < 1.29 is 32.4 Å². The number of hydrogen-bond donors (Lipinski definition) is 4. The Morgan fingerprint density at radius 3 is 2.10 bits per heavy atom. The molecule has 2 saturated heterocycles. The van der Waals surface area contributed by atoms with Gasteiger partial charge in [0.15, 0.2) is 0 Å². The van der Waals surface area contributed by atoms with Crippen LogP contribution in [0.2, 0.25) is 0 Å². The Balaban J connectivity index is 2.33. The van der Waals surface area contributed by atoms with E-state index in [-0.39, 0.29) is 43.6 Å². The van der Waals surface area contributed by atoms with Crippen LogP contribution >= 0.6 is 0 Å². The first-order chi connectivity index (χ1) is 22.1. The van der Waals surface area contributed by atoms with Gasteiger partial charge in [-0.2, -0.15) is 4.31 Å². The predicted molar refractivity (Wildman–Crippen MR) is 186 cm³/mol. The van der Waals surface area contributed by atoms with Gasteiger partial charge in [0.25, 0.3) is 5.91 Å². The third kappa shape index (κ3) is 11.0. The molecule has 2 unspecified atom stereocenters. The molecule has 0 spiro atoms. The molecular weight excluding hydrogens is 636 g/mol. The number of hydrogen-bond acceptors (Lipinski definition) is 7. The summed E-state index contributed by atoms with van der Waals surface area (Å²) >= 11 is 0. The molecule has 0 bridgehead atoms. The van der Waals surface area contributed by atoms with Crippen molar-refractivity contribution in [3.05, 3.63) is 12.7 Å². The summed E-state index contributed by atoms with van der Waals surface area (Å²) in [6.07, 6.45) is 4.15. The van der Waals surface area contributed by atoms with Crippen molar-refractivity contribution >= 4 is 39.6 Å². The van der Waals surface area contributed by atoms with E-state index < -0.39 is 74.6 Å². The highest BCUT2D eigenvalue weighted by Gasteiger charge is 2.48. The van der Waals surface area contributed by atoms with Crippen molar-refractivity contribution in [1.29, 1.82) is 0 Å². The Morgan fingerprint density at radius 2 is 1.58 bits per heavy atom. The van der Waals surface area contributed by atoms with E-state index in [2.05, 4.69) is 27.8 Å². The molecule has 0 aromatic heterocycles. The van der Waals surface area contributed by atoms with Crippen LogP contribution in [0.15, 0.2) is 12.7 Å². The van der Waals surface area contributed by atoms with E-state index in [9.17, 15) is 32.4 Å². The summed E-state index contributed by atoms with van der Waals surface area (Å²) in [5.74, 6) is -2.65. The fourth-order valence-electron chi connectivity index (χ4n) is 6.25. The van der Waals surface area contributed by atoms with Crippen LogP contribution < -0.4 is 21.3 Å². The second kappa shape index (κ2) is 17.1. The first kappa shape index (κ1) is 41.2. The van der Waals surface area contributed by atoms with Crippen molar-refractivity contribution in [2.24, 2.45) is 22.7 Å². The van der Waals surface area contributed by atoms with Crippen LogP contribution in [0.3, 0.4) is 0 Å². The normalized spacial score (nSPS) is 21.9. The van der Waals surface area contributed by atoms with E-state index in [1.165, 1.54) is 15.3 Å². The van der Waals surface area contributed by atoms with Crippen molar-refractivity contribution in [3.8, 4) is 0 Å². The zero-order valence-corrected chi connectivity index (χ0v) is 31.3. The van der Waals surface area contributed by atoms with Gasteiger partial charge in [-0.15, -0.1) is 6.58 Å².